The lowest BCUT2D eigenvalue weighted by atomic mass is 9.67. The van der Waals surface area contributed by atoms with Crippen molar-refractivity contribution in [2.45, 2.75) is 71.9 Å². The van der Waals surface area contributed by atoms with Crippen molar-refractivity contribution in [1.29, 1.82) is 0 Å². The minimum Gasteiger partial charge on any atom is -0.348 e. The maximum atomic E-state index is 13.4. The molecule has 9 heteroatoms. The van der Waals surface area contributed by atoms with Crippen LogP contribution in [-0.4, -0.2) is 61.6 Å². The van der Waals surface area contributed by atoms with Crippen LogP contribution in [-0.2, 0) is 12.0 Å². The first-order valence-corrected chi connectivity index (χ1v) is 12.7. The van der Waals surface area contributed by atoms with Crippen molar-refractivity contribution in [3.63, 3.8) is 0 Å². The van der Waals surface area contributed by atoms with E-state index in [9.17, 15) is 14.4 Å². The molecule has 36 heavy (non-hydrogen) atoms. The van der Waals surface area contributed by atoms with Crippen LogP contribution < -0.4 is 5.32 Å². The van der Waals surface area contributed by atoms with Gasteiger partial charge in [0.2, 0.25) is 0 Å². The Morgan fingerprint density at radius 3 is 2.53 bits per heavy atom. The number of piperidine rings is 1. The van der Waals surface area contributed by atoms with E-state index in [-0.39, 0.29) is 34.6 Å². The summed E-state index contributed by atoms with van der Waals surface area (Å²) in [7, 11) is 0. The minimum absolute atomic E-state index is 0.0136. The van der Waals surface area contributed by atoms with E-state index < -0.39 is 0 Å². The number of fused-ring (bicyclic) bond motifs is 2. The van der Waals surface area contributed by atoms with Gasteiger partial charge in [-0.1, -0.05) is 0 Å². The van der Waals surface area contributed by atoms with Crippen LogP contribution in [0, 0.1) is 5.41 Å². The first kappa shape index (κ1) is 24.2. The summed E-state index contributed by atoms with van der Waals surface area (Å²) < 4.78 is 1.90. The van der Waals surface area contributed by atoms with Crippen LogP contribution in [0.5, 0.6) is 0 Å². The third-order valence-corrected chi connectivity index (χ3v) is 7.40. The Kier molecular flexibility index (Phi) is 5.76. The summed E-state index contributed by atoms with van der Waals surface area (Å²) in [5.74, 6) is -0.222. The Labute approximate surface area is 210 Å². The number of nitrogens with zero attached hydrogens (tertiary/aromatic N) is 4. The first-order chi connectivity index (χ1) is 17.0. The smallest absolute Gasteiger partial charge is 0.272 e. The quantitative estimate of drug-likeness (QED) is 0.581. The first-order valence-electron chi connectivity index (χ1n) is 12.7. The fourth-order valence-electron chi connectivity index (χ4n) is 5.38. The maximum absolute atomic E-state index is 13.4. The highest BCUT2D eigenvalue weighted by atomic mass is 16.2. The maximum Gasteiger partial charge on any atom is 0.272 e. The number of aromatic amines is 1. The molecule has 2 amide bonds. The molecule has 0 saturated carbocycles. The number of carbonyl (C=O) groups excluding carboxylic acids is 3. The zero-order valence-electron chi connectivity index (χ0n) is 21.6. The van der Waals surface area contributed by atoms with Gasteiger partial charge in [-0.05, 0) is 77.5 Å². The second-order valence-electron chi connectivity index (χ2n) is 11.6. The van der Waals surface area contributed by atoms with Gasteiger partial charge in [-0.2, -0.15) is 10.2 Å². The van der Waals surface area contributed by atoms with Gasteiger partial charge >= 0.3 is 0 Å². The number of rotatable bonds is 3. The number of amides is 2. The van der Waals surface area contributed by atoms with Gasteiger partial charge in [0.15, 0.2) is 11.5 Å². The van der Waals surface area contributed by atoms with Crippen LogP contribution in [0.3, 0.4) is 0 Å². The summed E-state index contributed by atoms with van der Waals surface area (Å²) in [5, 5.41) is 15.1. The second-order valence-corrected chi connectivity index (χ2v) is 11.6. The van der Waals surface area contributed by atoms with Crippen molar-refractivity contribution in [3.8, 4) is 0 Å². The molecular formula is C27H34N6O3. The number of H-pyrrole nitrogens is 1. The fraction of sp³-hybridized carbons (Fsp3) is 0.519. The predicted octanol–water partition coefficient (Wildman–Crippen LogP) is 3.70. The lowest BCUT2D eigenvalue weighted by Crippen LogP contribution is -2.46. The Hall–Kier alpha value is -3.49. The van der Waals surface area contributed by atoms with Crippen molar-refractivity contribution < 1.29 is 14.4 Å². The Morgan fingerprint density at radius 1 is 1.14 bits per heavy atom. The van der Waals surface area contributed by atoms with E-state index in [1.165, 1.54) is 0 Å². The fourth-order valence-corrected chi connectivity index (χ4v) is 5.38. The van der Waals surface area contributed by atoms with Crippen LogP contribution in [0.2, 0.25) is 0 Å². The van der Waals surface area contributed by atoms with Crippen molar-refractivity contribution in [1.82, 2.24) is 30.2 Å². The number of ketones is 1. The zero-order chi connectivity index (χ0) is 25.8. The molecule has 190 valence electrons. The summed E-state index contributed by atoms with van der Waals surface area (Å²) in [6.07, 6.45) is 4.89. The molecule has 2 N–H and O–H groups in total. The van der Waals surface area contributed by atoms with E-state index >= 15 is 0 Å². The van der Waals surface area contributed by atoms with Crippen LogP contribution in [0.25, 0.3) is 10.9 Å². The highest BCUT2D eigenvalue weighted by molar-refractivity contribution is 6.07. The molecule has 9 nitrogen and oxygen atoms in total. The van der Waals surface area contributed by atoms with E-state index in [4.69, 9.17) is 0 Å². The predicted molar refractivity (Wildman–Crippen MR) is 136 cm³/mol. The van der Waals surface area contributed by atoms with E-state index in [0.29, 0.717) is 47.4 Å². The highest BCUT2D eigenvalue weighted by Crippen LogP contribution is 2.43. The number of nitrogens with one attached hydrogen (secondary N) is 2. The van der Waals surface area contributed by atoms with Gasteiger partial charge in [-0.3, -0.25) is 24.2 Å². The minimum atomic E-state index is -0.267. The van der Waals surface area contributed by atoms with Gasteiger partial charge in [0.25, 0.3) is 11.8 Å². The Morgan fingerprint density at radius 2 is 1.86 bits per heavy atom. The summed E-state index contributed by atoms with van der Waals surface area (Å²) in [4.78, 5) is 40.8. The number of hydrogen-bond acceptors (Lipinski definition) is 5. The summed E-state index contributed by atoms with van der Waals surface area (Å²) in [5.41, 5.74) is 2.88. The van der Waals surface area contributed by atoms with Gasteiger partial charge in [-0.15, -0.1) is 0 Å². The molecule has 2 aromatic heterocycles. The molecule has 1 aromatic carbocycles. The summed E-state index contributed by atoms with van der Waals surface area (Å²) in [6, 6.07) is 5.30. The molecule has 3 aromatic rings. The number of Topliss-reactive ketones (excluding diaryl/α,β-unsaturated/α-hetero) is 1. The Balaban J connectivity index is 1.31. The standard InChI is InChI=1S/C27H34N6O3/c1-16(2)28-24(35)23-19-12-17(6-7-20(19)29-30-23)25(36)32-10-8-27(9-11-32)13-18-15-33(26(3,4)5)31-22(18)21(34)14-27/h6-7,12,15-16H,8-11,13-14H2,1-5H3,(H,28,35)(H,29,30). The third kappa shape index (κ3) is 4.31. The van der Waals surface area contributed by atoms with Gasteiger partial charge < -0.3 is 10.2 Å². The molecule has 1 spiro atoms. The van der Waals surface area contributed by atoms with E-state index in [0.717, 1.165) is 24.8 Å². The molecule has 1 saturated heterocycles. The Bertz CT molecular complexity index is 1350. The topological polar surface area (TPSA) is 113 Å². The van der Waals surface area contributed by atoms with Gasteiger partial charge in [0, 0.05) is 48.3 Å². The molecule has 2 aliphatic rings. The largest absolute Gasteiger partial charge is 0.348 e. The second kappa shape index (κ2) is 8.57. The number of hydrogen-bond donors (Lipinski definition) is 2. The van der Waals surface area contributed by atoms with Gasteiger partial charge in [0.05, 0.1) is 11.1 Å². The van der Waals surface area contributed by atoms with Crippen molar-refractivity contribution in [3.05, 3.63) is 46.9 Å². The average Bonchev–Trinajstić information content (AvgIpc) is 3.43. The van der Waals surface area contributed by atoms with Crippen molar-refractivity contribution in [2.24, 2.45) is 5.41 Å². The number of benzene rings is 1. The van der Waals surface area contributed by atoms with Crippen LogP contribution in [0.15, 0.2) is 24.4 Å². The molecule has 5 rings (SSSR count). The molecule has 3 heterocycles. The summed E-state index contributed by atoms with van der Waals surface area (Å²) in [6.45, 7) is 11.2. The number of aromatic nitrogens is 4. The lowest BCUT2D eigenvalue weighted by molar-refractivity contribution is 0.0519. The van der Waals surface area contributed by atoms with Crippen LogP contribution >= 0.6 is 0 Å². The van der Waals surface area contributed by atoms with Crippen LogP contribution in [0.1, 0.15) is 90.8 Å². The third-order valence-electron chi connectivity index (χ3n) is 7.40. The molecule has 0 atom stereocenters. The van der Waals surface area contributed by atoms with E-state index in [1.807, 2.05) is 29.6 Å². The molecule has 0 bridgehead atoms. The van der Waals surface area contributed by atoms with Gasteiger partial charge in [0.1, 0.15) is 5.69 Å². The van der Waals surface area contributed by atoms with Crippen molar-refractivity contribution >= 4 is 28.5 Å². The average molecular weight is 491 g/mol. The molecule has 1 aliphatic carbocycles. The summed E-state index contributed by atoms with van der Waals surface area (Å²) >= 11 is 0. The molecule has 0 radical (unpaired) electrons. The van der Waals surface area contributed by atoms with Crippen molar-refractivity contribution in [2.75, 3.05) is 13.1 Å². The lowest BCUT2D eigenvalue weighted by Gasteiger charge is -2.43. The monoisotopic (exact) mass is 490 g/mol. The van der Waals surface area contributed by atoms with Gasteiger partial charge in [-0.25, -0.2) is 0 Å². The number of carbonyl (C=O) groups is 3. The van der Waals surface area contributed by atoms with E-state index in [2.05, 4.69) is 41.4 Å². The SMILES string of the molecule is CC(C)NC(=O)c1n[nH]c2ccc(C(=O)N3CCC4(CC3)CC(=O)c3nn(C(C)(C)C)cc3C4)cc12. The van der Waals surface area contributed by atoms with Crippen LogP contribution in [0.4, 0.5) is 0 Å². The number of likely N-dealkylation sites (tertiary alicyclic amines) is 1. The molecular weight excluding hydrogens is 456 g/mol. The zero-order valence-corrected chi connectivity index (χ0v) is 21.6. The van der Waals surface area contributed by atoms with E-state index in [1.54, 1.807) is 18.2 Å². The normalized spacial score (nSPS) is 17.6. The molecule has 1 fully saturated rings. The molecule has 0 unspecified atom stereocenters. The highest BCUT2D eigenvalue weighted by Gasteiger charge is 2.43. The molecule has 1 aliphatic heterocycles.